The minimum Gasteiger partial charge on any atom is -0.465 e. The minimum absolute atomic E-state index is 0.338. The van der Waals surface area contributed by atoms with Crippen LogP contribution in [0, 0.1) is 25.7 Å². The van der Waals surface area contributed by atoms with E-state index in [0.29, 0.717) is 36.1 Å². The molecule has 3 rings (SSSR count). The van der Waals surface area contributed by atoms with E-state index in [9.17, 15) is 4.79 Å². The molecule has 0 radical (unpaired) electrons. The van der Waals surface area contributed by atoms with Gasteiger partial charge < -0.3 is 15.3 Å². The third-order valence-corrected chi connectivity index (χ3v) is 5.19. The number of amides is 1. The highest BCUT2D eigenvalue weighted by Gasteiger charge is 2.42. The van der Waals surface area contributed by atoms with Gasteiger partial charge in [0.25, 0.3) is 0 Å². The fourth-order valence-electron chi connectivity index (χ4n) is 3.48. The normalized spacial score (nSPS) is 27.8. The fraction of sp³-hybridized carbons (Fsp3) is 0.643. The number of nitrogens with zero attached hydrogens (tertiary/aromatic N) is 3. The first-order valence-electron chi connectivity index (χ1n) is 7.19. The van der Waals surface area contributed by atoms with Crippen LogP contribution >= 0.6 is 11.6 Å². The zero-order chi connectivity index (χ0) is 15.1. The summed E-state index contributed by atoms with van der Waals surface area (Å²) in [6, 6.07) is 0.338. The van der Waals surface area contributed by atoms with Crippen LogP contribution in [-0.4, -0.2) is 45.4 Å². The maximum absolute atomic E-state index is 11.0. The maximum atomic E-state index is 11.0. The number of carboxylic acid groups (broad SMARTS) is 1. The topological polar surface area (TPSA) is 78.4 Å². The van der Waals surface area contributed by atoms with E-state index < -0.39 is 6.09 Å². The number of hydrogen-bond donors (Lipinski definition) is 2. The van der Waals surface area contributed by atoms with Crippen LogP contribution in [0.5, 0.6) is 0 Å². The van der Waals surface area contributed by atoms with E-state index in [-0.39, 0.29) is 0 Å². The van der Waals surface area contributed by atoms with Crippen LogP contribution in [0.3, 0.4) is 0 Å². The Morgan fingerprint density at radius 2 is 1.86 bits per heavy atom. The molecule has 2 fully saturated rings. The molecule has 1 aliphatic heterocycles. The Labute approximate surface area is 128 Å². The van der Waals surface area contributed by atoms with E-state index in [0.717, 1.165) is 29.8 Å². The molecule has 1 unspecified atom stereocenters. The summed E-state index contributed by atoms with van der Waals surface area (Å²) in [7, 11) is 0. The molecule has 0 spiro atoms. The number of nitrogens with one attached hydrogen (secondary N) is 1. The van der Waals surface area contributed by atoms with Crippen molar-refractivity contribution < 1.29 is 9.90 Å². The monoisotopic (exact) mass is 310 g/mol. The van der Waals surface area contributed by atoms with Crippen LogP contribution < -0.4 is 5.32 Å². The minimum atomic E-state index is -0.802. The molecule has 7 heteroatoms. The summed E-state index contributed by atoms with van der Waals surface area (Å²) in [5.41, 5.74) is 1.98. The Hall–Kier alpha value is -1.56. The van der Waals surface area contributed by atoms with Crippen LogP contribution in [0.2, 0.25) is 5.15 Å². The van der Waals surface area contributed by atoms with E-state index in [1.54, 1.807) is 0 Å². The van der Waals surface area contributed by atoms with Gasteiger partial charge in [0, 0.05) is 19.1 Å². The van der Waals surface area contributed by atoms with Crippen LogP contribution in [0.15, 0.2) is 0 Å². The van der Waals surface area contributed by atoms with Crippen molar-refractivity contribution >= 4 is 23.5 Å². The molecule has 1 aromatic heterocycles. The van der Waals surface area contributed by atoms with Gasteiger partial charge in [-0.1, -0.05) is 11.6 Å². The highest BCUT2D eigenvalue weighted by molar-refractivity contribution is 6.30. The number of likely N-dealkylation sites (tertiary alicyclic amines) is 1. The molecule has 1 saturated carbocycles. The molecule has 3 atom stereocenters. The largest absolute Gasteiger partial charge is 0.465 e. The smallest absolute Gasteiger partial charge is 0.407 e. The summed E-state index contributed by atoms with van der Waals surface area (Å²) in [6.07, 6.45) is 1.16. The van der Waals surface area contributed by atoms with E-state index in [1.165, 1.54) is 4.90 Å². The third-order valence-electron chi connectivity index (χ3n) is 4.83. The summed E-state index contributed by atoms with van der Waals surface area (Å²) >= 11 is 5.96. The van der Waals surface area contributed by atoms with Crippen molar-refractivity contribution in [3.8, 4) is 0 Å². The van der Waals surface area contributed by atoms with Crippen molar-refractivity contribution in [3.05, 3.63) is 16.3 Å². The van der Waals surface area contributed by atoms with E-state index >= 15 is 0 Å². The average Bonchev–Trinajstić information content (AvgIpc) is 2.97. The highest BCUT2D eigenvalue weighted by atomic mass is 35.5. The lowest BCUT2D eigenvalue weighted by Crippen LogP contribution is -2.29. The zero-order valence-corrected chi connectivity index (χ0v) is 12.9. The predicted octanol–water partition coefficient (Wildman–Crippen LogP) is 2.55. The molecular formula is C14H19ClN4O2. The van der Waals surface area contributed by atoms with Gasteiger partial charge in [0.15, 0.2) is 11.0 Å². The van der Waals surface area contributed by atoms with Crippen molar-refractivity contribution in [1.82, 2.24) is 15.1 Å². The Bertz CT molecular complexity index is 566. The molecule has 1 aromatic rings. The lowest BCUT2D eigenvalue weighted by molar-refractivity contribution is 0.152. The number of anilines is 1. The standard InChI is InChI=1S/C14H19ClN4O2/c1-7-8(2)13(18-17-12(7)15)16-11-3-9-5-19(14(20)21)6-10(9)4-11/h9-11H,3-6H2,1-2H3,(H,16,18)(H,20,21)/t9-,10+,11?. The number of aromatic nitrogens is 2. The molecule has 2 aliphatic rings. The number of carbonyl (C=O) groups is 1. The van der Waals surface area contributed by atoms with Crippen LogP contribution in [0.25, 0.3) is 0 Å². The van der Waals surface area contributed by atoms with E-state index in [2.05, 4.69) is 15.5 Å². The second kappa shape index (κ2) is 5.33. The van der Waals surface area contributed by atoms with Gasteiger partial charge in [0.05, 0.1) is 0 Å². The molecular weight excluding hydrogens is 292 g/mol. The molecule has 21 heavy (non-hydrogen) atoms. The van der Waals surface area contributed by atoms with Gasteiger partial charge in [-0.05, 0) is 49.7 Å². The number of rotatable bonds is 2. The number of hydrogen-bond acceptors (Lipinski definition) is 4. The van der Waals surface area contributed by atoms with Gasteiger partial charge in [-0.15, -0.1) is 10.2 Å². The Kier molecular flexibility index (Phi) is 3.65. The molecule has 6 nitrogen and oxygen atoms in total. The lowest BCUT2D eigenvalue weighted by Gasteiger charge is -2.19. The third kappa shape index (κ3) is 2.64. The van der Waals surface area contributed by atoms with Crippen molar-refractivity contribution in [3.63, 3.8) is 0 Å². The molecule has 1 saturated heterocycles. The van der Waals surface area contributed by atoms with E-state index in [1.807, 2.05) is 13.8 Å². The summed E-state index contributed by atoms with van der Waals surface area (Å²) in [6.45, 7) is 5.23. The number of fused-ring (bicyclic) bond motifs is 1. The first-order chi connectivity index (χ1) is 9.95. The first-order valence-corrected chi connectivity index (χ1v) is 7.57. The van der Waals surface area contributed by atoms with Gasteiger partial charge in [-0.3, -0.25) is 0 Å². The van der Waals surface area contributed by atoms with Gasteiger partial charge in [0.2, 0.25) is 0 Å². The molecule has 0 aromatic carbocycles. The maximum Gasteiger partial charge on any atom is 0.407 e. The molecule has 1 amide bonds. The van der Waals surface area contributed by atoms with Crippen molar-refractivity contribution in [2.75, 3.05) is 18.4 Å². The molecule has 2 heterocycles. The predicted molar refractivity (Wildman–Crippen MR) is 79.7 cm³/mol. The van der Waals surface area contributed by atoms with Gasteiger partial charge >= 0.3 is 6.09 Å². The van der Waals surface area contributed by atoms with E-state index in [4.69, 9.17) is 16.7 Å². The Morgan fingerprint density at radius 1 is 1.24 bits per heavy atom. The van der Waals surface area contributed by atoms with Crippen molar-refractivity contribution in [2.24, 2.45) is 11.8 Å². The number of halogens is 1. The Balaban J connectivity index is 1.65. The SMILES string of the molecule is Cc1c(Cl)nnc(NC2C[C@@H]3CN(C(=O)O)C[C@@H]3C2)c1C. The quantitative estimate of drug-likeness (QED) is 0.877. The van der Waals surface area contributed by atoms with Crippen molar-refractivity contribution in [2.45, 2.75) is 32.7 Å². The van der Waals surface area contributed by atoms with Gasteiger partial charge in [-0.25, -0.2) is 4.79 Å². The first kappa shape index (κ1) is 14.4. The summed E-state index contributed by atoms with van der Waals surface area (Å²) in [5, 5.41) is 21.0. The second-order valence-corrected chi connectivity index (χ2v) is 6.47. The molecule has 0 bridgehead atoms. The summed E-state index contributed by atoms with van der Waals surface area (Å²) < 4.78 is 0. The summed E-state index contributed by atoms with van der Waals surface area (Å²) in [4.78, 5) is 12.5. The molecule has 1 aliphatic carbocycles. The Morgan fingerprint density at radius 3 is 2.43 bits per heavy atom. The molecule has 2 N–H and O–H groups in total. The van der Waals surface area contributed by atoms with Crippen LogP contribution in [-0.2, 0) is 0 Å². The summed E-state index contributed by atoms with van der Waals surface area (Å²) in [5.74, 6) is 1.71. The van der Waals surface area contributed by atoms with Gasteiger partial charge in [0.1, 0.15) is 0 Å². The zero-order valence-electron chi connectivity index (χ0n) is 12.1. The fourth-order valence-corrected chi connectivity index (χ4v) is 3.66. The van der Waals surface area contributed by atoms with Crippen LogP contribution in [0.1, 0.15) is 24.0 Å². The van der Waals surface area contributed by atoms with Gasteiger partial charge in [-0.2, -0.15) is 0 Å². The van der Waals surface area contributed by atoms with Crippen LogP contribution in [0.4, 0.5) is 10.6 Å². The lowest BCUT2D eigenvalue weighted by atomic mass is 10.0. The molecule has 114 valence electrons. The second-order valence-electron chi connectivity index (χ2n) is 6.11. The average molecular weight is 311 g/mol. The van der Waals surface area contributed by atoms with Crippen molar-refractivity contribution in [1.29, 1.82) is 0 Å². The highest BCUT2D eigenvalue weighted by Crippen LogP contribution is 2.39.